The van der Waals surface area contributed by atoms with Crippen molar-refractivity contribution in [2.24, 2.45) is 0 Å². The van der Waals surface area contributed by atoms with Crippen LogP contribution in [0.4, 0.5) is 0 Å². The Hall–Kier alpha value is -1.90. The van der Waals surface area contributed by atoms with E-state index in [9.17, 15) is 0 Å². The maximum absolute atomic E-state index is 6.16. The highest BCUT2D eigenvalue weighted by atomic mass is 16.5. The Morgan fingerprint density at radius 1 is 0.731 bits per heavy atom. The molecule has 0 bridgehead atoms. The molecule has 5 rings (SSSR count). The number of ether oxygens (including phenoxy) is 2. The molecular formula is C24H25O2. The molecule has 2 heteroatoms. The Bertz CT molecular complexity index is 842. The van der Waals surface area contributed by atoms with Gasteiger partial charge >= 0.3 is 0 Å². The molecule has 2 aliphatic rings. The van der Waals surface area contributed by atoms with Gasteiger partial charge in [0.1, 0.15) is 0 Å². The molecule has 0 spiro atoms. The zero-order valence-corrected chi connectivity index (χ0v) is 15.2. The minimum Gasteiger partial charge on any atom is -0.374 e. The first-order chi connectivity index (χ1) is 12.9. The lowest BCUT2D eigenvalue weighted by Crippen LogP contribution is -2.18. The molecule has 2 nitrogen and oxygen atoms in total. The summed E-state index contributed by atoms with van der Waals surface area (Å²) in [5.74, 6) is 0. The first-order valence-electron chi connectivity index (χ1n) is 10.0. The quantitative estimate of drug-likeness (QED) is 0.509. The smallest absolute Gasteiger partial charge is 0.0834 e. The van der Waals surface area contributed by atoms with E-state index < -0.39 is 0 Å². The van der Waals surface area contributed by atoms with Crippen molar-refractivity contribution >= 4 is 21.5 Å². The highest BCUT2D eigenvalue weighted by Gasteiger charge is 2.26. The van der Waals surface area contributed by atoms with Crippen LogP contribution in [0, 0.1) is 6.07 Å². The second kappa shape index (κ2) is 7.02. The zero-order valence-electron chi connectivity index (χ0n) is 15.2. The fourth-order valence-electron chi connectivity index (χ4n) is 4.44. The van der Waals surface area contributed by atoms with Crippen molar-refractivity contribution in [2.45, 2.75) is 50.7 Å². The largest absolute Gasteiger partial charge is 0.374 e. The molecule has 2 fully saturated rings. The van der Waals surface area contributed by atoms with Gasteiger partial charge in [-0.1, -0.05) is 24.3 Å². The highest BCUT2D eigenvalue weighted by molar-refractivity contribution is 5.98. The Labute approximate surface area is 155 Å². The van der Waals surface area contributed by atoms with E-state index in [1.165, 1.54) is 58.4 Å². The summed E-state index contributed by atoms with van der Waals surface area (Å²) in [4.78, 5) is 0. The lowest BCUT2D eigenvalue weighted by molar-refractivity contribution is -0.000510. The van der Waals surface area contributed by atoms with Crippen molar-refractivity contribution in [3.05, 3.63) is 59.7 Å². The van der Waals surface area contributed by atoms with E-state index >= 15 is 0 Å². The summed E-state index contributed by atoms with van der Waals surface area (Å²) in [6, 6.07) is 19.2. The molecule has 3 aromatic carbocycles. The molecule has 0 N–H and O–H groups in total. The van der Waals surface area contributed by atoms with Crippen LogP contribution in [0.5, 0.6) is 0 Å². The van der Waals surface area contributed by atoms with Crippen LogP contribution < -0.4 is 0 Å². The molecule has 2 unspecified atom stereocenters. The summed E-state index contributed by atoms with van der Waals surface area (Å²) >= 11 is 0. The van der Waals surface area contributed by atoms with E-state index in [4.69, 9.17) is 9.47 Å². The average Bonchev–Trinajstić information content (AvgIpc) is 2.72. The molecule has 3 aromatic rings. The number of benzene rings is 3. The van der Waals surface area contributed by atoms with Gasteiger partial charge in [0.2, 0.25) is 0 Å². The normalized spacial score (nSPS) is 24.2. The molecule has 2 saturated heterocycles. The van der Waals surface area contributed by atoms with E-state index in [1.807, 2.05) is 0 Å². The first kappa shape index (κ1) is 16.3. The summed E-state index contributed by atoms with van der Waals surface area (Å²) in [6.07, 6.45) is 7.38. The highest BCUT2D eigenvalue weighted by Crippen LogP contribution is 2.39. The maximum Gasteiger partial charge on any atom is 0.0834 e. The molecule has 1 radical (unpaired) electrons. The Morgan fingerprint density at radius 3 is 2.12 bits per heavy atom. The van der Waals surface area contributed by atoms with Crippen LogP contribution in [0.25, 0.3) is 21.5 Å². The first-order valence-corrected chi connectivity index (χ1v) is 10.0. The third-order valence-corrected chi connectivity index (χ3v) is 5.84. The summed E-state index contributed by atoms with van der Waals surface area (Å²) in [5, 5.41) is 5.00. The van der Waals surface area contributed by atoms with Crippen LogP contribution >= 0.6 is 0 Å². The van der Waals surface area contributed by atoms with Crippen molar-refractivity contribution in [3.8, 4) is 0 Å². The van der Waals surface area contributed by atoms with E-state index in [2.05, 4.69) is 48.5 Å². The van der Waals surface area contributed by atoms with Crippen molar-refractivity contribution in [2.75, 3.05) is 13.2 Å². The van der Waals surface area contributed by atoms with Crippen molar-refractivity contribution in [1.82, 2.24) is 0 Å². The molecule has 0 aliphatic carbocycles. The fourth-order valence-corrected chi connectivity index (χ4v) is 4.44. The van der Waals surface area contributed by atoms with Crippen LogP contribution in [0.1, 0.15) is 61.9 Å². The van der Waals surface area contributed by atoms with E-state index in [-0.39, 0.29) is 12.2 Å². The second-order valence-electron chi connectivity index (χ2n) is 7.64. The molecule has 2 aliphatic heterocycles. The van der Waals surface area contributed by atoms with Crippen LogP contribution in [0.15, 0.2) is 42.5 Å². The molecule has 0 amide bonds. The molecule has 2 atom stereocenters. The van der Waals surface area contributed by atoms with E-state index in [1.54, 1.807) is 0 Å². The predicted octanol–water partition coefficient (Wildman–Crippen LogP) is 6.28. The lowest BCUT2D eigenvalue weighted by atomic mass is 9.88. The standard InChI is InChI=1S/C24H25O2/c1-2-8-18-14-20-16-22(24-10-4-6-12-26-24)21(23-9-3-5-11-25-23)15-19(20)13-17(18)7-1/h1-2,7-8,13-15,23-24H,3-6,9-12H2. The van der Waals surface area contributed by atoms with Gasteiger partial charge in [-0.15, -0.1) is 0 Å². The van der Waals surface area contributed by atoms with Gasteiger partial charge in [-0.25, -0.2) is 0 Å². The van der Waals surface area contributed by atoms with Gasteiger partial charge in [0, 0.05) is 13.2 Å². The van der Waals surface area contributed by atoms with Gasteiger partial charge in [0.25, 0.3) is 0 Å². The Kier molecular flexibility index (Phi) is 4.40. The SMILES string of the molecule is [c]1c(C2CCCCO2)c(C2CCCCO2)cc2cc3ccccc3cc12. The zero-order chi connectivity index (χ0) is 17.3. The van der Waals surface area contributed by atoms with Gasteiger partial charge in [0.15, 0.2) is 0 Å². The van der Waals surface area contributed by atoms with Crippen molar-refractivity contribution in [1.29, 1.82) is 0 Å². The van der Waals surface area contributed by atoms with Crippen molar-refractivity contribution in [3.63, 3.8) is 0 Å². The van der Waals surface area contributed by atoms with Crippen LogP contribution in [0.3, 0.4) is 0 Å². The van der Waals surface area contributed by atoms with Crippen LogP contribution in [0.2, 0.25) is 0 Å². The Balaban J connectivity index is 1.68. The molecule has 133 valence electrons. The minimum absolute atomic E-state index is 0.167. The third-order valence-electron chi connectivity index (χ3n) is 5.84. The van der Waals surface area contributed by atoms with E-state index in [0.717, 1.165) is 26.1 Å². The fraction of sp³-hybridized carbons (Fsp3) is 0.417. The maximum atomic E-state index is 6.16. The van der Waals surface area contributed by atoms with Gasteiger partial charge in [0.05, 0.1) is 12.2 Å². The second-order valence-corrected chi connectivity index (χ2v) is 7.64. The molecule has 0 aromatic heterocycles. The predicted molar refractivity (Wildman–Crippen MR) is 105 cm³/mol. The summed E-state index contributed by atoms with van der Waals surface area (Å²) in [5.41, 5.74) is 2.54. The summed E-state index contributed by atoms with van der Waals surface area (Å²) in [7, 11) is 0. The number of rotatable bonds is 2. The van der Waals surface area contributed by atoms with Gasteiger partial charge < -0.3 is 9.47 Å². The molecule has 26 heavy (non-hydrogen) atoms. The van der Waals surface area contributed by atoms with Crippen molar-refractivity contribution < 1.29 is 9.47 Å². The number of hydrogen-bond donors (Lipinski definition) is 0. The molecule has 2 heterocycles. The molecule has 0 saturated carbocycles. The van der Waals surface area contributed by atoms with Gasteiger partial charge in [-0.05, 0) is 95.5 Å². The number of fused-ring (bicyclic) bond motifs is 2. The van der Waals surface area contributed by atoms with Gasteiger partial charge in [-0.3, -0.25) is 0 Å². The topological polar surface area (TPSA) is 18.5 Å². The minimum atomic E-state index is 0.167. The summed E-state index contributed by atoms with van der Waals surface area (Å²) in [6.45, 7) is 1.73. The monoisotopic (exact) mass is 345 g/mol. The number of hydrogen-bond acceptors (Lipinski definition) is 2. The third kappa shape index (κ3) is 3.02. The average molecular weight is 345 g/mol. The van der Waals surface area contributed by atoms with Gasteiger partial charge in [-0.2, -0.15) is 0 Å². The van der Waals surface area contributed by atoms with E-state index in [0.29, 0.717) is 0 Å². The van der Waals surface area contributed by atoms with Crippen LogP contribution in [-0.2, 0) is 9.47 Å². The molecular weight excluding hydrogens is 320 g/mol. The lowest BCUT2D eigenvalue weighted by Gasteiger charge is -2.30. The van der Waals surface area contributed by atoms with Crippen LogP contribution in [-0.4, -0.2) is 13.2 Å². The summed E-state index contributed by atoms with van der Waals surface area (Å²) < 4.78 is 12.3. The Morgan fingerprint density at radius 2 is 1.42 bits per heavy atom.